The minimum atomic E-state index is -3.21. The van der Waals surface area contributed by atoms with E-state index in [4.69, 9.17) is 5.26 Å². The Morgan fingerprint density at radius 1 is 1.44 bits per heavy atom. The van der Waals surface area contributed by atoms with Crippen molar-refractivity contribution >= 4 is 9.84 Å². The van der Waals surface area contributed by atoms with E-state index in [2.05, 4.69) is 0 Å². The van der Waals surface area contributed by atoms with Crippen LogP contribution in [0.5, 0.6) is 0 Å². The van der Waals surface area contributed by atoms with Gasteiger partial charge < -0.3 is 0 Å². The molecule has 0 saturated heterocycles. The average Bonchev–Trinajstić information content (AvgIpc) is 2.17. The summed E-state index contributed by atoms with van der Waals surface area (Å²) < 4.78 is 23.7. The fraction of sp³-hybridized carbons (Fsp3) is 0.417. The van der Waals surface area contributed by atoms with E-state index < -0.39 is 15.1 Å². The number of sulfone groups is 1. The largest absolute Gasteiger partial charge is 0.228 e. The van der Waals surface area contributed by atoms with Gasteiger partial charge in [0.1, 0.15) is 0 Å². The molecule has 16 heavy (non-hydrogen) atoms. The summed E-state index contributed by atoms with van der Waals surface area (Å²) in [5.41, 5.74) is 1.82. The van der Waals surface area contributed by atoms with E-state index >= 15 is 0 Å². The second-order valence-electron chi connectivity index (χ2n) is 3.97. The Kier molecular flexibility index (Phi) is 4.08. The van der Waals surface area contributed by atoms with Gasteiger partial charge in [0.25, 0.3) is 0 Å². The molecule has 1 aromatic rings. The first kappa shape index (κ1) is 12.7. The summed E-state index contributed by atoms with van der Waals surface area (Å²) in [6.45, 7) is 3.50. The van der Waals surface area contributed by atoms with Crippen LogP contribution in [-0.2, 0) is 15.6 Å². The Morgan fingerprint density at radius 3 is 2.69 bits per heavy atom. The highest BCUT2D eigenvalue weighted by atomic mass is 32.2. The van der Waals surface area contributed by atoms with E-state index in [0.717, 1.165) is 11.1 Å². The number of nitrogens with zero attached hydrogens (tertiary/aromatic N) is 1. The number of nitriles is 1. The molecule has 0 aromatic heterocycles. The maximum atomic E-state index is 11.9. The summed E-state index contributed by atoms with van der Waals surface area (Å²) in [5, 5.41) is 7.90. The normalized spacial score (nSPS) is 13.1. The summed E-state index contributed by atoms with van der Waals surface area (Å²) in [6.07, 6.45) is 0.0498. The maximum Gasteiger partial charge on any atom is 0.158 e. The Balaban J connectivity index is 2.85. The van der Waals surface area contributed by atoms with Crippen molar-refractivity contribution in [1.29, 1.82) is 5.26 Å². The quantitative estimate of drug-likeness (QED) is 0.806. The predicted octanol–water partition coefficient (Wildman–Crippen LogP) is 2.21. The van der Waals surface area contributed by atoms with Crippen LogP contribution in [0.15, 0.2) is 24.3 Å². The summed E-state index contributed by atoms with van der Waals surface area (Å²) in [5.74, 6) is 0.0114. The van der Waals surface area contributed by atoms with Crippen LogP contribution in [0.3, 0.4) is 0 Å². The number of benzene rings is 1. The summed E-state index contributed by atoms with van der Waals surface area (Å²) in [7, 11) is -3.21. The van der Waals surface area contributed by atoms with Crippen LogP contribution >= 0.6 is 0 Å². The van der Waals surface area contributed by atoms with Crippen molar-refractivity contribution in [2.24, 2.45) is 0 Å². The topological polar surface area (TPSA) is 57.9 Å². The van der Waals surface area contributed by atoms with E-state index in [9.17, 15) is 8.42 Å². The van der Waals surface area contributed by atoms with E-state index in [0.29, 0.717) is 0 Å². The monoisotopic (exact) mass is 237 g/mol. The van der Waals surface area contributed by atoms with Crippen LogP contribution in [0, 0.1) is 18.3 Å². The van der Waals surface area contributed by atoms with Gasteiger partial charge in [-0.15, -0.1) is 0 Å². The third kappa shape index (κ3) is 3.35. The van der Waals surface area contributed by atoms with Crippen LogP contribution < -0.4 is 0 Å². The average molecular weight is 237 g/mol. The summed E-state index contributed by atoms with van der Waals surface area (Å²) >= 11 is 0. The number of hydrogen-bond acceptors (Lipinski definition) is 3. The Labute approximate surface area is 96.6 Å². The molecule has 0 amide bonds. The van der Waals surface area contributed by atoms with Gasteiger partial charge >= 0.3 is 0 Å². The van der Waals surface area contributed by atoms with Crippen LogP contribution in [-0.4, -0.2) is 13.7 Å². The highest BCUT2D eigenvalue weighted by molar-refractivity contribution is 7.91. The molecule has 4 heteroatoms. The van der Waals surface area contributed by atoms with E-state index in [-0.39, 0.29) is 12.2 Å². The standard InChI is InChI=1S/C12H15NO2S/c1-10-4-3-5-12(8-10)9-16(14,15)11(2)6-7-13/h3-5,8,11H,6,9H2,1-2H3. The van der Waals surface area contributed by atoms with Crippen molar-refractivity contribution in [1.82, 2.24) is 0 Å². The predicted molar refractivity (Wildman–Crippen MR) is 63.5 cm³/mol. The molecule has 0 aliphatic carbocycles. The van der Waals surface area contributed by atoms with Gasteiger partial charge in [0.15, 0.2) is 9.84 Å². The first-order valence-electron chi connectivity index (χ1n) is 5.10. The third-order valence-corrected chi connectivity index (χ3v) is 4.57. The third-order valence-electron chi connectivity index (χ3n) is 2.44. The van der Waals surface area contributed by atoms with Crippen molar-refractivity contribution in [3.05, 3.63) is 35.4 Å². The molecule has 86 valence electrons. The summed E-state index contributed by atoms with van der Waals surface area (Å²) in [6, 6.07) is 9.31. The zero-order chi connectivity index (χ0) is 12.2. The minimum Gasteiger partial charge on any atom is -0.228 e. The molecule has 1 aromatic carbocycles. The van der Waals surface area contributed by atoms with E-state index in [1.165, 1.54) is 0 Å². The molecule has 0 saturated carbocycles. The lowest BCUT2D eigenvalue weighted by Gasteiger charge is -2.09. The fourth-order valence-electron chi connectivity index (χ4n) is 1.43. The molecule has 0 aliphatic heterocycles. The Bertz CT molecular complexity index is 500. The van der Waals surface area contributed by atoms with Crippen molar-refractivity contribution in [3.8, 4) is 6.07 Å². The number of rotatable bonds is 4. The second kappa shape index (κ2) is 5.13. The van der Waals surface area contributed by atoms with Gasteiger partial charge in [-0.3, -0.25) is 0 Å². The highest BCUT2D eigenvalue weighted by Crippen LogP contribution is 2.14. The Morgan fingerprint density at radius 2 is 2.12 bits per heavy atom. The first-order valence-corrected chi connectivity index (χ1v) is 6.81. The SMILES string of the molecule is Cc1cccc(CS(=O)(=O)C(C)CC#N)c1. The van der Waals surface area contributed by atoms with Crippen LogP contribution in [0.2, 0.25) is 0 Å². The van der Waals surface area contributed by atoms with E-state index in [1.807, 2.05) is 31.2 Å². The fourth-order valence-corrected chi connectivity index (χ4v) is 2.69. The van der Waals surface area contributed by atoms with Gasteiger partial charge in [0.05, 0.1) is 23.5 Å². The molecular weight excluding hydrogens is 222 g/mol. The molecule has 0 fully saturated rings. The van der Waals surface area contributed by atoms with Gasteiger partial charge in [0.2, 0.25) is 0 Å². The zero-order valence-corrected chi connectivity index (χ0v) is 10.3. The molecule has 0 aliphatic rings. The van der Waals surface area contributed by atoms with Crippen molar-refractivity contribution < 1.29 is 8.42 Å². The van der Waals surface area contributed by atoms with Crippen molar-refractivity contribution in [2.75, 3.05) is 0 Å². The lowest BCUT2D eigenvalue weighted by atomic mass is 10.2. The van der Waals surface area contributed by atoms with Gasteiger partial charge in [-0.05, 0) is 19.4 Å². The van der Waals surface area contributed by atoms with Crippen LogP contribution in [0.25, 0.3) is 0 Å². The Hall–Kier alpha value is -1.34. The molecule has 0 spiro atoms. The minimum absolute atomic E-state index is 0.0114. The van der Waals surface area contributed by atoms with Crippen molar-refractivity contribution in [3.63, 3.8) is 0 Å². The second-order valence-corrected chi connectivity index (χ2v) is 6.39. The molecule has 0 heterocycles. The number of hydrogen-bond donors (Lipinski definition) is 0. The lowest BCUT2D eigenvalue weighted by Crippen LogP contribution is -2.19. The van der Waals surface area contributed by atoms with Crippen LogP contribution in [0.4, 0.5) is 0 Å². The smallest absolute Gasteiger partial charge is 0.158 e. The van der Waals surface area contributed by atoms with Gasteiger partial charge in [-0.1, -0.05) is 29.8 Å². The molecule has 3 nitrogen and oxygen atoms in total. The van der Waals surface area contributed by atoms with Crippen molar-refractivity contribution in [2.45, 2.75) is 31.3 Å². The maximum absolute atomic E-state index is 11.9. The molecule has 0 radical (unpaired) electrons. The zero-order valence-electron chi connectivity index (χ0n) is 9.47. The molecule has 0 bridgehead atoms. The van der Waals surface area contributed by atoms with Crippen LogP contribution in [0.1, 0.15) is 24.5 Å². The van der Waals surface area contributed by atoms with E-state index in [1.54, 1.807) is 13.0 Å². The van der Waals surface area contributed by atoms with Gasteiger partial charge in [-0.25, -0.2) is 8.42 Å². The first-order chi connectivity index (χ1) is 7.45. The molecule has 1 unspecified atom stereocenters. The molecule has 1 atom stereocenters. The summed E-state index contributed by atoms with van der Waals surface area (Å²) in [4.78, 5) is 0. The van der Waals surface area contributed by atoms with Gasteiger partial charge in [0, 0.05) is 0 Å². The number of aryl methyl sites for hydroxylation is 1. The molecule has 0 N–H and O–H groups in total. The molecular formula is C12H15NO2S. The highest BCUT2D eigenvalue weighted by Gasteiger charge is 2.20. The van der Waals surface area contributed by atoms with Gasteiger partial charge in [-0.2, -0.15) is 5.26 Å². The lowest BCUT2D eigenvalue weighted by molar-refractivity contribution is 0.583. The molecule has 1 rings (SSSR count).